The smallest absolute Gasteiger partial charge is 0.753 e. The number of carbonyl (C=O) groups is 2. The average Bonchev–Trinajstić information content (AvgIpc) is 3.95. The van der Waals surface area contributed by atoms with E-state index in [2.05, 4.69) is 94.5 Å². The fourth-order valence-electron chi connectivity index (χ4n) is 6.35. The van der Waals surface area contributed by atoms with Crippen molar-refractivity contribution in [2.45, 2.75) is 111 Å². The molecule has 6 aromatic heterocycles. The molecule has 0 aromatic carbocycles. The van der Waals surface area contributed by atoms with Crippen molar-refractivity contribution >= 4 is 65.5 Å². The molecule has 0 spiro atoms. The Morgan fingerprint density at radius 3 is 1.24 bits per heavy atom. The quantitative estimate of drug-likeness (QED) is 0.0325. The Bertz CT molecular complexity index is 2110. The van der Waals surface area contributed by atoms with Gasteiger partial charge in [-0.25, -0.2) is 9.59 Å². The van der Waals surface area contributed by atoms with Gasteiger partial charge in [-0.2, -0.15) is 18.7 Å². The molecule has 0 aliphatic carbocycles. The number of thiophene rings is 2. The Morgan fingerprint density at radius 1 is 0.571 bits per heavy atom. The van der Waals surface area contributed by atoms with Gasteiger partial charge in [0.2, 0.25) is 0 Å². The summed E-state index contributed by atoms with van der Waals surface area (Å²) in [6, 6.07) is 23.2. The molecule has 10 nitrogen and oxygen atoms in total. The molecule has 15 heteroatoms. The van der Waals surface area contributed by atoms with Crippen molar-refractivity contribution in [1.82, 2.24) is 19.9 Å². The van der Waals surface area contributed by atoms with Crippen LogP contribution in [0.5, 0.6) is 0 Å². The summed E-state index contributed by atoms with van der Waals surface area (Å²) in [5, 5.41) is 26.2. The maximum Gasteiger partial charge on any atom is 2.00 e. The molecule has 6 heterocycles. The van der Waals surface area contributed by atoms with E-state index in [9.17, 15) is 9.59 Å². The predicted octanol–water partition coefficient (Wildman–Crippen LogP) is 15.1. The molecule has 0 unspecified atom stereocenters. The Labute approximate surface area is 406 Å². The van der Waals surface area contributed by atoms with Crippen LogP contribution in [0, 0.1) is 0 Å². The van der Waals surface area contributed by atoms with Gasteiger partial charge in [-0.3, -0.25) is 19.9 Å². The van der Waals surface area contributed by atoms with Gasteiger partial charge in [0.1, 0.15) is 0 Å². The van der Waals surface area contributed by atoms with Crippen LogP contribution < -0.4 is 0 Å². The molecule has 0 saturated heterocycles. The molecule has 6 aromatic rings. The number of thiocarbonyl (C=S) groups is 1. The second-order valence-electron chi connectivity index (χ2n) is 14.0. The van der Waals surface area contributed by atoms with Crippen LogP contribution in [0.2, 0.25) is 0 Å². The van der Waals surface area contributed by atoms with Gasteiger partial charge in [-0.1, -0.05) is 97.7 Å². The van der Waals surface area contributed by atoms with Crippen LogP contribution in [0.15, 0.2) is 97.6 Å². The van der Waals surface area contributed by atoms with Crippen LogP contribution in [0.1, 0.15) is 129 Å². The summed E-state index contributed by atoms with van der Waals surface area (Å²) in [5.41, 5.74) is 5.14. The third-order valence-electron chi connectivity index (χ3n) is 9.50. The predicted molar refractivity (Wildman–Crippen MR) is 268 cm³/mol. The summed E-state index contributed by atoms with van der Waals surface area (Å²) < 4.78 is 0. The second-order valence-corrected chi connectivity index (χ2v) is 16.5. The molecule has 63 heavy (non-hydrogen) atoms. The zero-order chi connectivity index (χ0) is 42.2. The normalized spacial score (nSPS) is 9.81. The van der Waals surface area contributed by atoms with E-state index in [0.717, 1.165) is 11.4 Å². The second kappa shape index (κ2) is 33.2. The Morgan fingerprint density at radius 2 is 0.889 bits per heavy atom. The van der Waals surface area contributed by atoms with Crippen LogP contribution in [-0.2, 0) is 32.3 Å². The van der Waals surface area contributed by atoms with Gasteiger partial charge < -0.3 is 21.8 Å². The van der Waals surface area contributed by atoms with Gasteiger partial charge in [-0.15, -0.1) is 22.7 Å². The first-order valence-electron chi connectivity index (χ1n) is 20.3. The number of carboxylic acid groups (broad SMARTS) is 2. The third-order valence-corrected chi connectivity index (χ3v) is 11.9. The molecule has 0 fully saturated rings. The minimum absolute atomic E-state index is 0. The number of nitrogens with zero attached hydrogens (tertiary/aromatic N) is 5. The van der Waals surface area contributed by atoms with Crippen LogP contribution in [0.25, 0.3) is 55.2 Å². The molecular formula is C48H60N6O4RuS4. The largest absolute Gasteiger partial charge is 2.00 e. The first-order chi connectivity index (χ1) is 28.8. The number of isothiocyanates is 1. The first-order valence-corrected chi connectivity index (χ1v) is 22.3. The molecule has 4 N–H and O–H groups in total. The summed E-state index contributed by atoms with van der Waals surface area (Å²) in [5.74, 6) is -2.15. The van der Waals surface area contributed by atoms with E-state index in [-0.39, 0.29) is 57.7 Å². The van der Waals surface area contributed by atoms with Gasteiger partial charge in [0, 0.05) is 44.3 Å². The fraction of sp³-hybridized carbons (Fsp3) is 0.354. The van der Waals surface area contributed by atoms with E-state index >= 15 is 0 Å². The van der Waals surface area contributed by atoms with E-state index in [1.54, 1.807) is 0 Å². The van der Waals surface area contributed by atoms with Gasteiger partial charge in [-0.05, 0) is 110 Å². The van der Waals surface area contributed by atoms with Crippen molar-refractivity contribution in [1.29, 1.82) is 0 Å². The molecular weight excluding hydrogens is 954 g/mol. The van der Waals surface area contributed by atoms with E-state index in [1.165, 1.54) is 162 Å². The van der Waals surface area contributed by atoms with Crippen molar-refractivity contribution in [3.8, 4) is 43.7 Å². The maximum absolute atomic E-state index is 10.8. The molecule has 0 aliphatic heterocycles. The summed E-state index contributed by atoms with van der Waals surface area (Å²) in [7, 11) is 0. The molecule has 0 saturated carbocycles. The minimum Gasteiger partial charge on any atom is -0.753 e. The maximum atomic E-state index is 10.8. The Hall–Kier alpha value is -4.33. The Balaban J connectivity index is 0.00000130. The summed E-state index contributed by atoms with van der Waals surface area (Å²) in [6.07, 6.45) is 25.1. The van der Waals surface area contributed by atoms with Gasteiger partial charge in [0.05, 0.1) is 33.9 Å². The van der Waals surface area contributed by atoms with Crippen LogP contribution in [-0.4, -0.2) is 47.2 Å². The fourth-order valence-corrected chi connectivity index (χ4v) is 8.44. The van der Waals surface area contributed by atoms with Gasteiger partial charge in [0.15, 0.2) is 0 Å². The number of carboxylic acids is 2. The zero-order valence-electron chi connectivity index (χ0n) is 35.2. The summed E-state index contributed by atoms with van der Waals surface area (Å²) in [6.45, 7) is 4.56. The summed E-state index contributed by atoms with van der Waals surface area (Å²) in [4.78, 5) is 44.6. The average molecular weight is 1010 g/mol. The van der Waals surface area contributed by atoms with Crippen molar-refractivity contribution in [3.05, 3.63) is 130 Å². The molecule has 0 radical (unpaired) electrons. The van der Waals surface area contributed by atoms with Crippen molar-refractivity contribution in [3.63, 3.8) is 0 Å². The standard InChI is InChI=1S/C34H44N2S2.C12H8N2O4.CNS.CH4.H2N.Ru.H2S/c1-3-5-7-9-11-13-15-29-17-19-33(37-29)27-21-23-35-31(25-27)32-26-28(22-24-36-32)34-20-18-30(38-34)16-14-12-10-8-6-4-2;15-11(16)7-1-3-13-9(5-7)10-6-8(12(17)18)2-4-14-10;2-1-3;;;;/h17-26H,3-16H2,1-2H3;1-6H,(H,15,16)(H,17,18);;1H4;1H2;;1H2/q;;-1;;-1;+2;. The SMILES string of the molecule is C.CCCCCCCCc1ccc(-c2ccnc(-c3cc(-c4ccc(CCCCCCCC)s4)ccn3)c2)s1.O=C(O)c1ccnc(-c2cc(C(=O)O)ccn2)c1.S.[N-]=C=S.[NH2-].[Ru+2]. The number of aryl methyl sites for hydroxylation is 2. The number of aromatic nitrogens is 4. The number of nitrogens with two attached hydrogens (primary N) is 1. The van der Waals surface area contributed by atoms with E-state index < -0.39 is 11.9 Å². The zero-order valence-corrected chi connectivity index (χ0v) is 40.4. The van der Waals surface area contributed by atoms with Gasteiger partial charge in [0.25, 0.3) is 0 Å². The van der Waals surface area contributed by atoms with Crippen molar-refractivity contribution in [2.75, 3.05) is 0 Å². The first kappa shape index (κ1) is 58.7. The van der Waals surface area contributed by atoms with Gasteiger partial charge >= 0.3 is 31.4 Å². The molecule has 0 bridgehead atoms. The topological polar surface area (TPSA) is 182 Å². The summed E-state index contributed by atoms with van der Waals surface area (Å²) >= 11 is 7.55. The number of pyridine rings is 4. The van der Waals surface area contributed by atoms with E-state index in [0.29, 0.717) is 11.4 Å². The van der Waals surface area contributed by atoms with E-state index in [4.69, 9.17) is 15.6 Å². The number of hydrogen-bond donors (Lipinski definition) is 2. The molecule has 338 valence electrons. The van der Waals surface area contributed by atoms with Crippen molar-refractivity contribution < 1.29 is 39.3 Å². The molecule has 0 atom stereocenters. The third kappa shape index (κ3) is 20.4. The Kier molecular flexibility index (Phi) is 30.9. The number of rotatable bonds is 20. The van der Waals surface area contributed by atoms with Crippen LogP contribution in [0.3, 0.4) is 0 Å². The van der Waals surface area contributed by atoms with E-state index in [1.807, 2.05) is 35.1 Å². The van der Waals surface area contributed by atoms with Crippen LogP contribution in [0.4, 0.5) is 0 Å². The minimum atomic E-state index is -1.08. The number of aromatic carboxylic acids is 2. The molecule has 0 aliphatic rings. The monoisotopic (exact) mass is 1010 g/mol. The van der Waals surface area contributed by atoms with Crippen LogP contribution >= 0.6 is 48.4 Å². The number of unbranched alkanes of at least 4 members (excludes halogenated alkanes) is 10. The molecule has 6 rings (SSSR count). The van der Waals surface area contributed by atoms with Crippen molar-refractivity contribution in [2.24, 2.45) is 0 Å². The molecule has 0 amide bonds. The number of hydrogen-bond acceptors (Lipinski definition) is 9.